The van der Waals surface area contributed by atoms with E-state index in [4.69, 9.17) is 9.47 Å². The SMILES string of the molecule is COc1cccc(OC)c1CC(=O)NC1C(=O)N2C(C(=O)O)C(C)(C)S[C@H]12. The van der Waals surface area contributed by atoms with Crippen molar-refractivity contribution in [1.29, 1.82) is 0 Å². The van der Waals surface area contributed by atoms with Gasteiger partial charge in [-0.25, -0.2) is 4.79 Å². The van der Waals surface area contributed by atoms with Crippen LogP contribution in [0.1, 0.15) is 19.4 Å². The Bertz CT molecular complexity index is 774. The monoisotopic (exact) mass is 394 g/mol. The molecule has 9 heteroatoms. The van der Waals surface area contributed by atoms with E-state index in [0.29, 0.717) is 17.1 Å². The molecule has 0 spiro atoms. The number of rotatable bonds is 6. The first-order valence-corrected chi connectivity index (χ1v) is 9.31. The van der Waals surface area contributed by atoms with Gasteiger partial charge in [0.1, 0.15) is 29.0 Å². The van der Waals surface area contributed by atoms with E-state index in [0.717, 1.165) is 0 Å². The highest BCUT2D eigenvalue weighted by atomic mass is 32.2. The topological polar surface area (TPSA) is 105 Å². The van der Waals surface area contributed by atoms with E-state index in [9.17, 15) is 19.5 Å². The summed E-state index contributed by atoms with van der Waals surface area (Å²) in [6.07, 6.45) is -0.0138. The lowest BCUT2D eigenvalue weighted by molar-refractivity contribution is -0.161. The van der Waals surface area contributed by atoms with Gasteiger partial charge in [-0.05, 0) is 26.0 Å². The Morgan fingerprint density at radius 2 is 1.85 bits per heavy atom. The predicted octanol–water partition coefficient (Wildman–Crippen LogP) is 0.878. The number of hydrogen-bond acceptors (Lipinski definition) is 6. The fourth-order valence-electron chi connectivity index (χ4n) is 3.63. The van der Waals surface area contributed by atoms with E-state index in [2.05, 4.69) is 5.32 Å². The average Bonchev–Trinajstić information content (AvgIpc) is 2.88. The third-order valence-corrected chi connectivity index (χ3v) is 6.43. The first-order valence-electron chi connectivity index (χ1n) is 8.43. The smallest absolute Gasteiger partial charge is 0.327 e. The number of carboxylic acid groups (broad SMARTS) is 1. The molecular weight excluding hydrogens is 372 g/mol. The van der Waals surface area contributed by atoms with Crippen LogP contribution < -0.4 is 14.8 Å². The van der Waals surface area contributed by atoms with Crippen molar-refractivity contribution in [2.75, 3.05) is 14.2 Å². The van der Waals surface area contributed by atoms with Gasteiger partial charge in [-0.3, -0.25) is 9.59 Å². The molecule has 2 aliphatic heterocycles. The normalized spacial score (nSPS) is 25.4. The Morgan fingerprint density at radius 3 is 2.37 bits per heavy atom. The molecular formula is C18H22N2O6S. The van der Waals surface area contributed by atoms with Crippen LogP contribution in [-0.4, -0.2) is 64.2 Å². The molecule has 2 unspecified atom stereocenters. The van der Waals surface area contributed by atoms with Crippen LogP contribution in [0.2, 0.25) is 0 Å². The molecule has 0 aliphatic carbocycles. The summed E-state index contributed by atoms with van der Waals surface area (Å²) >= 11 is 1.39. The first-order chi connectivity index (χ1) is 12.7. The Hall–Kier alpha value is -2.42. The minimum Gasteiger partial charge on any atom is -0.496 e. The molecule has 3 rings (SSSR count). The fourth-order valence-corrected chi connectivity index (χ4v) is 5.26. The molecule has 1 aromatic rings. The van der Waals surface area contributed by atoms with Gasteiger partial charge in [0.2, 0.25) is 11.8 Å². The minimum absolute atomic E-state index is 0.0138. The predicted molar refractivity (Wildman–Crippen MR) is 98.9 cm³/mol. The molecule has 27 heavy (non-hydrogen) atoms. The number of nitrogens with one attached hydrogen (secondary N) is 1. The van der Waals surface area contributed by atoms with Gasteiger partial charge in [-0.2, -0.15) is 0 Å². The molecule has 2 heterocycles. The van der Waals surface area contributed by atoms with Gasteiger partial charge in [0, 0.05) is 10.3 Å². The van der Waals surface area contributed by atoms with Crippen LogP contribution in [0.4, 0.5) is 0 Å². The van der Waals surface area contributed by atoms with Gasteiger partial charge in [0.25, 0.3) is 0 Å². The number of benzene rings is 1. The number of fused-ring (bicyclic) bond motifs is 1. The van der Waals surface area contributed by atoms with Crippen LogP contribution in [0.5, 0.6) is 11.5 Å². The van der Waals surface area contributed by atoms with Gasteiger partial charge in [0.05, 0.1) is 20.6 Å². The number of carbonyl (C=O) groups is 3. The third kappa shape index (κ3) is 3.20. The molecule has 8 nitrogen and oxygen atoms in total. The van der Waals surface area contributed by atoms with Gasteiger partial charge < -0.3 is 24.8 Å². The summed E-state index contributed by atoms with van der Waals surface area (Å²) in [5.41, 5.74) is 0.589. The van der Waals surface area contributed by atoms with Crippen molar-refractivity contribution in [3.8, 4) is 11.5 Å². The van der Waals surface area contributed by atoms with Crippen LogP contribution in [-0.2, 0) is 20.8 Å². The van der Waals surface area contributed by atoms with Crippen molar-refractivity contribution in [2.24, 2.45) is 0 Å². The first kappa shape index (κ1) is 19.3. The number of thioether (sulfide) groups is 1. The van der Waals surface area contributed by atoms with Gasteiger partial charge in [-0.15, -0.1) is 11.8 Å². The maximum absolute atomic E-state index is 12.5. The molecule has 2 saturated heterocycles. The van der Waals surface area contributed by atoms with E-state index in [1.165, 1.54) is 30.9 Å². The second-order valence-electron chi connectivity index (χ2n) is 6.96. The average molecular weight is 394 g/mol. The number of ether oxygens (including phenoxy) is 2. The summed E-state index contributed by atoms with van der Waals surface area (Å²) in [5.74, 6) is -0.715. The van der Waals surface area contributed by atoms with Crippen LogP contribution in [0.25, 0.3) is 0 Å². The third-order valence-electron chi connectivity index (χ3n) is 4.86. The molecule has 2 amide bonds. The molecule has 1 aromatic carbocycles. The summed E-state index contributed by atoms with van der Waals surface area (Å²) in [4.78, 5) is 37.9. The van der Waals surface area contributed by atoms with Crippen LogP contribution in [0, 0.1) is 0 Å². The van der Waals surface area contributed by atoms with Crippen molar-refractivity contribution in [2.45, 2.75) is 42.5 Å². The lowest BCUT2D eigenvalue weighted by atomic mass is 9.96. The van der Waals surface area contributed by atoms with Gasteiger partial charge in [-0.1, -0.05) is 6.07 Å². The van der Waals surface area contributed by atoms with E-state index in [1.807, 2.05) is 0 Å². The van der Waals surface area contributed by atoms with Gasteiger partial charge in [0.15, 0.2) is 0 Å². The molecule has 0 saturated carbocycles. The molecule has 0 radical (unpaired) electrons. The maximum atomic E-state index is 12.5. The Balaban J connectivity index is 1.72. The number of nitrogens with zero attached hydrogens (tertiary/aromatic N) is 1. The van der Waals surface area contributed by atoms with Crippen molar-refractivity contribution < 1.29 is 29.0 Å². The second-order valence-corrected chi connectivity index (χ2v) is 8.73. The second kappa shape index (κ2) is 6.95. The number of aliphatic carboxylic acids is 1. The van der Waals surface area contributed by atoms with Crippen LogP contribution in [0.3, 0.4) is 0 Å². The molecule has 2 aliphatic rings. The molecule has 2 fully saturated rings. The number of hydrogen-bond donors (Lipinski definition) is 2. The summed E-state index contributed by atoms with van der Waals surface area (Å²) in [7, 11) is 3.01. The van der Waals surface area contributed by atoms with Crippen molar-refractivity contribution in [3.63, 3.8) is 0 Å². The number of methoxy groups -OCH3 is 2. The van der Waals surface area contributed by atoms with Crippen molar-refractivity contribution >= 4 is 29.5 Å². The zero-order valence-corrected chi connectivity index (χ0v) is 16.3. The van der Waals surface area contributed by atoms with E-state index < -0.39 is 22.8 Å². The molecule has 3 atom stereocenters. The highest BCUT2D eigenvalue weighted by Crippen LogP contribution is 2.50. The lowest BCUT2D eigenvalue weighted by Gasteiger charge is -2.43. The molecule has 0 bridgehead atoms. The van der Waals surface area contributed by atoms with E-state index in [-0.39, 0.29) is 23.6 Å². The van der Waals surface area contributed by atoms with Crippen LogP contribution in [0.15, 0.2) is 18.2 Å². The highest BCUT2D eigenvalue weighted by Gasteiger charge is 2.64. The summed E-state index contributed by atoms with van der Waals surface area (Å²) in [5, 5.41) is 11.8. The summed E-state index contributed by atoms with van der Waals surface area (Å²) in [6.45, 7) is 3.58. The molecule has 146 valence electrons. The molecule has 0 aromatic heterocycles. The van der Waals surface area contributed by atoms with Crippen molar-refractivity contribution in [3.05, 3.63) is 23.8 Å². The molecule has 2 N–H and O–H groups in total. The number of carboxylic acids is 1. The maximum Gasteiger partial charge on any atom is 0.327 e. The number of amides is 2. The minimum atomic E-state index is -1.04. The summed E-state index contributed by atoms with van der Waals surface area (Å²) < 4.78 is 9.95. The Morgan fingerprint density at radius 1 is 1.26 bits per heavy atom. The summed E-state index contributed by atoms with van der Waals surface area (Å²) in [6, 6.07) is 3.59. The number of carbonyl (C=O) groups excluding carboxylic acids is 2. The van der Waals surface area contributed by atoms with E-state index in [1.54, 1.807) is 32.0 Å². The van der Waals surface area contributed by atoms with Crippen molar-refractivity contribution in [1.82, 2.24) is 10.2 Å². The van der Waals surface area contributed by atoms with Crippen LogP contribution >= 0.6 is 11.8 Å². The fraction of sp³-hybridized carbons (Fsp3) is 0.500. The quantitative estimate of drug-likeness (QED) is 0.690. The zero-order chi connectivity index (χ0) is 19.9. The lowest BCUT2D eigenvalue weighted by Crippen LogP contribution is -2.70. The standard InChI is InChI=1S/C18H22N2O6S/c1-18(2)14(17(23)24)20-15(22)13(16(20)27-18)19-12(21)8-9-10(25-3)6-5-7-11(9)26-4/h5-7,13-14,16H,8H2,1-4H3,(H,19,21)(H,23,24)/t13?,14?,16-/m1/s1. The van der Waals surface area contributed by atoms with E-state index >= 15 is 0 Å². The zero-order valence-electron chi connectivity index (χ0n) is 15.5. The Labute approximate surface area is 161 Å². The number of β-lactam (4-membered cyclic amide) rings is 1. The largest absolute Gasteiger partial charge is 0.496 e. The van der Waals surface area contributed by atoms with Gasteiger partial charge >= 0.3 is 5.97 Å². The Kier molecular flexibility index (Phi) is 4.98. The highest BCUT2D eigenvalue weighted by molar-refractivity contribution is 8.01.